The van der Waals surface area contributed by atoms with Gasteiger partial charge in [-0.15, -0.1) is 0 Å². The highest BCUT2D eigenvalue weighted by molar-refractivity contribution is 6.30. The van der Waals surface area contributed by atoms with E-state index in [0.29, 0.717) is 33.3 Å². The van der Waals surface area contributed by atoms with Gasteiger partial charge < -0.3 is 34.6 Å². The molecular weight excluding hydrogens is 552 g/mol. The Kier molecular flexibility index (Phi) is 10.6. The molecule has 1 aliphatic rings. The molecule has 10 nitrogen and oxygen atoms in total. The Bertz CT molecular complexity index is 1270. The summed E-state index contributed by atoms with van der Waals surface area (Å²) in [6, 6.07) is 9.20. The molecule has 224 valence electrons. The summed E-state index contributed by atoms with van der Waals surface area (Å²) in [5.74, 6) is -1.46. The summed E-state index contributed by atoms with van der Waals surface area (Å²) < 4.78 is 17.6. The molecule has 0 saturated heterocycles. The first-order valence-corrected chi connectivity index (χ1v) is 13.8. The fourth-order valence-electron chi connectivity index (χ4n) is 4.82. The number of rotatable bonds is 12. The van der Waals surface area contributed by atoms with Crippen molar-refractivity contribution in [2.75, 3.05) is 32.3 Å². The van der Waals surface area contributed by atoms with Gasteiger partial charge in [-0.2, -0.15) is 0 Å². The largest absolute Gasteiger partial charge is 0.493 e. The predicted molar refractivity (Wildman–Crippen MR) is 155 cm³/mol. The van der Waals surface area contributed by atoms with Crippen LogP contribution in [-0.4, -0.2) is 67.5 Å². The van der Waals surface area contributed by atoms with E-state index in [1.165, 1.54) is 19.1 Å². The van der Waals surface area contributed by atoms with Crippen molar-refractivity contribution in [1.82, 2.24) is 5.32 Å². The second-order valence-electron chi connectivity index (χ2n) is 11.3. The molecule has 0 bridgehead atoms. The lowest BCUT2D eigenvalue weighted by molar-refractivity contribution is -0.144. The lowest BCUT2D eigenvalue weighted by Gasteiger charge is -2.32. The Hall–Kier alpha value is -3.34. The van der Waals surface area contributed by atoms with E-state index in [9.17, 15) is 24.6 Å². The van der Waals surface area contributed by atoms with Gasteiger partial charge in [-0.3, -0.25) is 9.59 Å². The Morgan fingerprint density at radius 2 is 1.85 bits per heavy atom. The van der Waals surface area contributed by atoms with Crippen molar-refractivity contribution in [2.45, 2.75) is 58.8 Å². The van der Waals surface area contributed by atoms with Crippen LogP contribution in [-0.2, 0) is 19.1 Å². The number of benzene rings is 2. The smallest absolute Gasteiger partial charge is 0.326 e. The van der Waals surface area contributed by atoms with Gasteiger partial charge in [0, 0.05) is 40.4 Å². The van der Waals surface area contributed by atoms with Crippen LogP contribution in [0.2, 0.25) is 5.02 Å². The molecule has 2 aromatic carbocycles. The van der Waals surface area contributed by atoms with Gasteiger partial charge >= 0.3 is 5.97 Å². The molecule has 2 aromatic rings. The number of nitrogens with one attached hydrogen (secondary N) is 1. The first kappa shape index (κ1) is 32.2. The molecule has 0 radical (unpaired) electrons. The molecular formula is C30H39ClN2O8. The van der Waals surface area contributed by atoms with Crippen LogP contribution in [0, 0.1) is 11.3 Å². The van der Waals surface area contributed by atoms with E-state index in [2.05, 4.69) is 5.32 Å². The number of methoxy groups -OCH3 is 2. The highest BCUT2D eigenvalue weighted by Gasteiger charge is 2.41. The summed E-state index contributed by atoms with van der Waals surface area (Å²) in [5, 5.41) is 22.6. The maximum Gasteiger partial charge on any atom is 0.326 e. The van der Waals surface area contributed by atoms with Crippen molar-refractivity contribution in [3.8, 4) is 11.5 Å². The van der Waals surface area contributed by atoms with Gasteiger partial charge in [0.15, 0.2) is 11.5 Å². The van der Waals surface area contributed by atoms with E-state index in [1.54, 1.807) is 36.4 Å². The van der Waals surface area contributed by atoms with Crippen molar-refractivity contribution < 1.29 is 38.8 Å². The molecule has 0 aliphatic carbocycles. The number of aliphatic hydroxyl groups is 1. The Morgan fingerprint density at radius 1 is 1.15 bits per heavy atom. The van der Waals surface area contributed by atoms with Gasteiger partial charge in [-0.05, 0) is 36.6 Å². The summed E-state index contributed by atoms with van der Waals surface area (Å²) in [4.78, 5) is 40.6. The molecule has 0 fully saturated rings. The molecule has 0 unspecified atom stereocenters. The minimum Gasteiger partial charge on any atom is -0.493 e. The normalized spacial score (nSPS) is 18.0. The Balaban J connectivity index is 2.15. The molecule has 1 aliphatic heterocycles. The number of para-hydroxylation sites is 1. The number of aliphatic carboxylic acids is 1. The standard InChI is InChI=1S/C30H39ClN2O8/c1-17(2)12-21(29(37)38)32-25(35)14-24-28(36)33(15-30(3,4)16-34)22-11-10-18(31)13-20(22)26(41-24)19-8-7-9-23(39-5)27(19)40-6/h7-11,13,17,21,24,26,34H,12,14-16H2,1-6H3,(H,32,35)(H,37,38)/t21-,24-,26+/m1/s1. The Morgan fingerprint density at radius 3 is 2.44 bits per heavy atom. The van der Waals surface area contributed by atoms with Gasteiger partial charge in [0.05, 0.1) is 20.6 Å². The molecule has 3 atom stereocenters. The molecule has 11 heteroatoms. The fraction of sp³-hybridized carbons (Fsp3) is 0.500. The molecule has 1 heterocycles. The van der Waals surface area contributed by atoms with Crippen LogP contribution in [0.1, 0.15) is 57.8 Å². The number of amides is 2. The number of carboxylic acid groups (broad SMARTS) is 1. The van der Waals surface area contributed by atoms with E-state index in [4.69, 9.17) is 25.8 Å². The number of hydrogen-bond donors (Lipinski definition) is 3. The van der Waals surface area contributed by atoms with Crippen LogP contribution in [0.15, 0.2) is 36.4 Å². The zero-order valence-electron chi connectivity index (χ0n) is 24.3. The van der Waals surface area contributed by atoms with E-state index in [0.717, 1.165) is 0 Å². The number of halogens is 1. The minimum absolute atomic E-state index is 0.0209. The lowest BCUT2D eigenvalue weighted by atomic mass is 9.92. The lowest BCUT2D eigenvalue weighted by Crippen LogP contribution is -2.48. The van der Waals surface area contributed by atoms with Gasteiger partial charge in [0.1, 0.15) is 18.2 Å². The van der Waals surface area contributed by atoms with Crippen LogP contribution in [0.4, 0.5) is 5.69 Å². The zero-order chi connectivity index (χ0) is 30.5. The van der Waals surface area contributed by atoms with E-state index < -0.39 is 47.9 Å². The molecule has 41 heavy (non-hydrogen) atoms. The zero-order valence-corrected chi connectivity index (χ0v) is 25.0. The number of carbonyl (C=O) groups is 3. The quantitative estimate of drug-likeness (QED) is 0.335. The number of anilines is 1. The van der Waals surface area contributed by atoms with Gasteiger partial charge in [0.2, 0.25) is 5.91 Å². The number of hydrogen-bond acceptors (Lipinski definition) is 7. The Labute approximate surface area is 245 Å². The van der Waals surface area contributed by atoms with Crippen molar-refractivity contribution in [2.24, 2.45) is 11.3 Å². The van der Waals surface area contributed by atoms with Gasteiger partial charge in [-0.1, -0.05) is 51.4 Å². The second-order valence-corrected chi connectivity index (χ2v) is 11.8. The predicted octanol–water partition coefficient (Wildman–Crippen LogP) is 4.20. The average molecular weight is 591 g/mol. The number of carbonyl (C=O) groups excluding carboxylic acids is 2. The molecule has 3 N–H and O–H groups in total. The van der Waals surface area contributed by atoms with Crippen LogP contribution in [0.25, 0.3) is 0 Å². The second kappa shape index (κ2) is 13.5. The van der Waals surface area contributed by atoms with Crippen LogP contribution in [0.5, 0.6) is 11.5 Å². The van der Waals surface area contributed by atoms with Crippen LogP contribution >= 0.6 is 11.6 Å². The van der Waals surface area contributed by atoms with E-state index >= 15 is 0 Å². The van der Waals surface area contributed by atoms with Crippen LogP contribution < -0.4 is 19.7 Å². The summed E-state index contributed by atoms with van der Waals surface area (Å²) in [7, 11) is 3.00. The monoisotopic (exact) mass is 590 g/mol. The van der Waals surface area contributed by atoms with Gasteiger partial charge in [-0.25, -0.2) is 4.79 Å². The molecule has 0 aromatic heterocycles. The third-order valence-corrected chi connectivity index (χ3v) is 7.08. The molecule has 3 rings (SSSR count). The van der Waals surface area contributed by atoms with E-state index in [-0.39, 0.29) is 25.5 Å². The maximum absolute atomic E-state index is 14.1. The topological polar surface area (TPSA) is 135 Å². The highest BCUT2D eigenvalue weighted by Crippen LogP contribution is 2.45. The average Bonchev–Trinajstić information content (AvgIpc) is 3.02. The molecule has 0 spiro atoms. The van der Waals surface area contributed by atoms with Crippen LogP contribution in [0.3, 0.4) is 0 Å². The summed E-state index contributed by atoms with van der Waals surface area (Å²) in [5.41, 5.74) is 0.901. The molecule has 2 amide bonds. The molecule has 0 saturated carbocycles. The summed E-state index contributed by atoms with van der Waals surface area (Å²) >= 11 is 6.43. The number of carboxylic acids is 1. The van der Waals surface area contributed by atoms with Crippen molar-refractivity contribution >= 4 is 35.1 Å². The number of aliphatic hydroxyl groups excluding tert-OH is 1. The number of nitrogens with zero attached hydrogens (tertiary/aromatic N) is 1. The summed E-state index contributed by atoms with van der Waals surface area (Å²) in [6.45, 7) is 7.26. The third kappa shape index (κ3) is 7.69. The van der Waals surface area contributed by atoms with Crippen molar-refractivity contribution in [1.29, 1.82) is 0 Å². The van der Waals surface area contributed by atoms with E-state index in [1.807, 2.05) is 27.7 Å². The van der Waals surface area contributed by atoms with Gasteiger partial charge in [0.25, 0.3) is 5.91 Å². The first-order chi connectivity index (χ1) is 19.3. The fourth-order valence-corrected chi connectivity index (χ4v) is 5.00. The number of ether oxygens (including phenoxy) is 3. The van der Waals surface area contributed by atoms with Crippen molar-refractivity contribution in [3.63, 3.8) is 0 Å². The SMILES string of the molecule is COc1cccc([C@@H]2O[C@H](CC(=O)N[C@H](CC(C)C)C(=O)O)C(=O)N(CC(C)(C)CO)c3ccc(Cl)cc32)c1OC. The minimum atomic E-state index is -1.30. The van der Waals surface area contributed by atoms with Crippen molar-refractivity contribution in [3.05, 3.63) is 52.5 Å². The summed E-state index contributed by atoms with van der Waals surface area (Å²) in [6.07, 6.45) is -2.42. The maximum atomic E-state index is 14.1. The third-order valence-electron chi connectivity index (χ3n) is 6.85. The highest BCUT2D eigenvalue weighted by atomic mass is 35.5. The number of fused-ring (bicyclic) bond motifs is 1. The first-order valence-electron chi connectivity index (χ1n) is 13.4.